The minimum atomic E-state index is 0.718. The summed E-state index contributed by atoms with van der Waals surface area (Å²) in [5.41, 5.74) is 1.39. The van der Waals surface area contributed by atoms with Gasteiger partial charge in [0.1, 0.15) is 5.75 Å². The molecule has 1 heterocycles. The van der Waals surface area contributed by atoms with Crippen molar-refractivity contribution in [2.75, 3.05) is 6.61 Å². The van der Waals surface area contributed by atoms with Crippen molar-refractivity contribution in [1.29, 1.82) is 0 Å². The number of rotatable bonds is 1. The van der Waals surface area contributed by atoms with E-state index in [1.54, 1.807) is 0 Å². The van der Waals surface area contributed by atoms with Crippen LogP contribution in [0.4, 0.5) is 0 Å². The number of hydrogen-bond acceptors (Lipinski definition) is 1. The summed E-state index contributed by atoms with van der Waals surface area (Å²) in [6.07, 6.45) is 2.40. The monoisotopic (exact) mass is 192 g/mol. The molecular weight excluding hydrogens is 172 g/mol. The number of fused-ring (bicyclic) bond motifs is 1. The molecular formula is C13H20O. The van der Waals surface area contributed by atoms with Crippen LogP contribution in [0.25, 0.3) is 0 Å². The van der Waals surface area contributed by atoms with Crippen LogP contribution >= 0.6 is 0 Å². The molecule has 1 aromatic rings. The molecule has 0 saturated heterocycles. The fraction of sp³-hybridized carbons (Fsp3) is 0.538. The summed E-state index contributed by atoms with van der Waals surface area (Å²) in [5, 5.41) is 0. The molecule has 2 rings (SSSR count). The van der Waals surface area contributed by atoms with E-state index in [9.17, 15) is 0 Å². The van der Waals surface area contributed by atoms with Crippen LogP contribution in [-0.2, 0) is 0 Å². The average Bonchev–Trinajstić information content (AvgIpc) is 2.31. The highest BCUT2D eigenvalue weighted by Gasteiger charge is 2.18. The Morgan fingerprint density at radius 2 is 2.00 bits per heavy atom. The second kappa shape index (κ2) is 5.69. The maximum Gasteiger partial charge on any atom is 0.122 e. The fourth-order valence-electron chi connectivity index (χ4n) is 1.84. The Labute approximate surface area is 87.1 Å². The van der Waals surface area contributed by atoms with Gasteiger partial charge in [0.25, 0.3) is 0 Å². The largest absolute Gasteiger partial charge is 0.493 e. The lowest BCUT2D eigenvalue weighted by atomic mass is 9.91. The zero-order chi connectivity index (χ0) is 10.4. The molecule has 1 atom stereocenters. The predicted octanol–water partition coefficient (Wildman–Crippen LogP) is 3.99. The second-order valence-corrected chi connectivity index (χ2v) is 3.28. The van der Waals surface area contributed by atoms with E-state index in [2.05, 4.69) is 25.1 Å². The van der Waals surface area contributed by atoms with E-state index in [0.29, 0.717) is 0 Å². The van der Waals surface area contributed by atoms with Crippen molar-refractivity contribution in [3.8, 4) is 5.75 Å². The minimum Gasteiger partial charge on any atom is -0.493 e. The molecule has 1 aliphatic rings. The lowest BCUT2D eigenvalue weighted by Crippen LogP contribution is -2.13. The maximum atomic E-state index is 5.56. The summed E-state index contributed by atoms with van der Waals surface area (Å²) in [6.45, 7) is 7.13. The van der Waals surface area contributed by atoms with Crippen molar-refractivity contribution in [3.63, 3.8) is 0 Å². The van der Waals surface area contributed by atoms with Crippen molar-refractivity contribution in [3.05, 3.63) is 29.8 Å². The summed E-state index contributed by atoms with van der Waals surface area (Å²) in [4.78, 5) is 0. The quantitative estimate of drug-likeness (QED) is 0.653. The van der Waals surface area contributed by atoms with Gasteiger partial charge in [-0.05, 0) is 30.4 Å². The topological polar surface area (TPSA) is 9.23 Å². The van der Waals surface area contributed by atoms with E-state index < -0.39 is 0 Å². The van der Waals surface area contributed by atoms with Crippen LogP contribution in [0.15, 0.2) is 24.3 Å². The molecule has 1 aliphatic heterocycles. The highest BCUT2D eigenvalue weighted by Crippen LogP contribution is 2.34. The molecule has 14 heavy (non-hydrogen) atoms. The van der Waals surface area contributed by atoms with Gasteiger partial charge in [-0.3, -0.25) is 0 Å². The molecule has 0 radical (unpaired) electrons. The summed E-state index contributed by atoms with van der Waals surface area (Å²) in [6, 6.07) is 8.38. The Bertz CT molecular complexity index is 268. The van der Waals surface area contributed by atoms with Gasteiger partial charge >= 0.3 is 0 Å². The molecule has 0 fully saturated rings. The molecule has 0 aromatic heterocycles. The highest BCUT2D eigenvalue weighted by molar-refractivity contribution is 5.37. The van der Waals surface area contributed by atoms with E-state index >= 15 is 0 Å². The van der Waals surface area contributed by atoms with Gasteiger partial charge in [0.2, 0.25) is 0 Å². The van der Waals surface area contributed by atoms with Crippen molar-refractivity contribution in [2.24, 2.45) is 0 Å². The van der Waals surface area contributed by atoms with Gasteiger partial charge in [0.05, 0.1) is 6.61 Å². The van der Waals surface area contributed by atoms with E-state index in [0.717, 1.165) is 18.3 Å². The third kappa shape index (κ3) is 2.28. The second-order valence-electron chi connectivity index (χ2n) is 3.28. The lowest BCUT2D eigenvalue weighted by Gasteiger charge is -2.24. The standard InChI is InChI=1S/C11H14O.C2H6/c1-2-9-7-8-12-11-6-4-3-5-10(9)11;1-2/h3-6,9H,2,7-8H2,1H3;1-2H3. The first kappa shape index (κ1) is 11.1. The van der Waals surface area contributed by atoms with Gasteiger partial charge in [-0.1, -0.05) is 39.0 Å². The number of benzene rings is 1. The Kier molecular flexibility index (Phi) is 4.51. The van der Waals surface area contributed by atoms with Crippen LogP contribution < -0.4 is 4.74 Å². The summed E-state index contributed by atoms with van der Waals surface area (Å²) in [7, 11) is 0. The van der Waals surface area contributed by atoms with Crippen LogP contribution in [0.5, 0.6) is 5.75 Å². The van der Waals surface area contributed by atoms with Gasteiger partial charge in [-0.25, -0.2) is 0 Å². The van der Waals surface area contributed by atoms with E-state index in [4.69, 9.17) is 4.74 Å². The summed E-state index contributed by atoms with van der Waals surface area (Å²) < 4.78 is 5.56. The van der Waals surface area contributed by atoms with Crippen LogP contribution in [0, 0.1) is 0 Å². The Balaban J connectivity index is 0.000000461. The number of ether oxygens (including phenoxy) is 1. The Morgan fingerprint density at radius 3 is 2.71 bits per heavy atom. The zero-order valence-electron chi connectivity index (χ0n) is 9.42. The van der Waals surface area contributed by atoms with Gasteiger partial charge in [0, 0.05) is 0 Å². The fourth-order valence-corrected chi connectivity index (χ4v) is 1.84. The normalized spacial score (nSPS) is 18.6. The van der Waals surface area contributed by atoms with Crippen molar-refractivity contribution in [1.82, 2.24) is 0 Å². The molecule has 0 aliphatic carbocycles. The molecule has 0 amide bonds. The lowest BCUT2D eigenvalue weighted by molar-refractivity contribution is 0.265. The van der Waals surface area contributed by atoms with Crippen LogP contribution in [0.3, 0.4) is 0 Å². The Morgan fingerprint density at radius 1 is 1.29 bits per heavy atom. The van der Waals surface area contributed by atoms with Gasteiger partial charge in [0.15, 0.2) is 0 Å². The Hall–Kier alpha value is -0.980. The first-order valence-corrected chi connectivity index (χ1v) is 5.63. The van der Waals surface area contributed by atoms with E-state index in [1.165, 1.54) is 18.4 Å². The summed E-state index contributed by atoms with van der Waals surface area (Å²) >= 11 is 0. The predicted molar refractivity (Wildman–Crippen MR) is 60.9 cm³/mol. The molecule has 0 bridgehead atoms. The van der Waals surface area contributed by atoms with Gasteiger partial charge in [-0.2, -0.15) is 0 Å². The molecule has 0 saturated carbocycles. The number of para-hydroxylation sites is 1. The molecule has 1 unspecified atom stereocenters. The average molecular weight is 192 g/mol. The third-order valence-electron chi connectivity index (χ3n) is 2.58. The first-order valence-electron chi connectivity index (χ1n) is 5.63. The van der Waals surface area contributed by atoms with E-state index in [-0.39, 0.29) is 0 Å². The van der Waals surface area contributed by atoms with Crippen molar-refractivity contribution < 1.29 is 4.74 Å². The summed E-state index contributed by atoms with van der Waals surface area (Å²) in [5.74, 6) is 1.81. The first-order chi connectivity index (χ1) is 6.92. The van der Waals surface area contributed by atoms with Crippen molar-refractivity contribution in [2.45, 2.75) is 39.5 Å². The zero-order valence-corrected chi connectivity index (χ0v) is 9.42. The van der Waals surface area contributed by atoms with Gasteiger partial charge < -0.3 is 4.74 Å². The maximum absolute atomic E-state index is 5.56. The van der Waals surface area contributed by atoms with Gasteiger partial charge in [-0.15, -0.1) is 0 Å². The van der Waals surface area contributed by atoms with Crippen LogP contribution in [-0.4, -0.2) is 6.61 Å². The molecule has 0 N–H and O–H groups in total. The van der Waals surface area contributed by atoms with Crippen molar-refractivity contribution >= 4 is 0 Å². The molecule has 1 nitrogen and oxygen atoms in total. The molecule has 1 aromatic carbocycles. The molecule has 78 valence electrons. The molecule has 0 spiro atoms. The number of hydrogen-bond donors (Lipinski definition) is 0. The van der Waals surface area contributed by atoms with Crippen LogP contribution in [0.2, 0.25) is 0 Å². The SMILES string of the molecule is CC.CCC1CCOc2ccccc21. The minimum absolute atomic E-state index is 0.718. The van der Waals surface area contributed by atoms with E-state index in [1.807, 2.05) is 19.9 Å². The molecule has 1 heteroatoms. The van der Waals surface area contributed by atoms with Crippen LogP contribution in [0.1, 0.15) is 45.1 Å². The smallest absolute Gasteiger partial charge is 0.122 e. The third-order valence-corrected chi connectivity index (χ3v) is 2.58. The highest BCUT2D eigenvalue weighted by atomic mass is 16.5.